The fraction of sp³-hybridized carbons (Fsp3) is 0.174. The van der Waals surface area contributed by atoms with Crippen LogP contribution in [0.2, 0.25) is 5.02 Å². The molecule has 0 spiro atoms. The lowest BCUT2D eigenvalue weighted by atomic mass is 10.0. The van der Waals surface area contributed by atoms with Crippen LogP contribution in [0, 0.1) is 27.7 Å². The van der Waals surface area contributed by atoms with Gasteiger partial charge in [-0.05, 0) is 51.0 Å². The molecule has 1 N–H and O–H groups in total. The van der Waals surface area contributed by atoms with Gasteiger partial charge >= 0.3 is 0 Å². The molecule has 6 heteroatoms. The minimum Gasteiger partial charge on any atom is -0.322 e. The first-order valence-corrected chi connectivity index (χ1v) is 9.72. The fourth-order valence-electron chi connectivity index (χ4n) is 3.43. The van der Waals surface area contributed by atoms with Crippen molar-refractivity contribution in [2.45, 2.75) is 27.7 Å². The van der Waals surface area contributed by atoms with Crippen molar-refractivity contribution in [3.63, 3.8) is 0 Å². The van der Waals surface area contributed by atoms with Crippen molar-refractivity contribution in [1.82, 2.24) is 14.6 Å². The smallest absolute Gasteiger partial charge is 0.259 e. The number of fused-ring (bicyclic) bond motifs is 1. The number of aryl methyl sites for hydroxylation is 4. The Hall–Kier alpha value is -3.18. The first-order chi connectivity index (χ1) is 13.8. The predicted molar refractivity (Wildman–Crippen MR) is 117 cm³/mol. The zero-order valence-electron chi connectivity index (χ0n) is 16.7. The van der Waals surface area contributed by atoms with Crippen LogP contribution in [0.5, 0.6) is 0 Å². The Labute approximate surface area is 174 Å². The molecule has 2 aromatic carbocycles. The van der Waals surface area contributed by atoms with Gasteiger partial charge in [0.2, 0.25) is 0 Å². The summed E-state index contributed by atoms with van der Waals surface area (Å²) in [7, 11) is 0. The molecule has 2 aromatic heterocycles. The van der Waals surface area contributed by atoms with Crippen molar-refractivity contribution < 1.29 is 4.79 Å². The van der Waals surface area contributed by atoms with Crippen LogP contribution in [-0.4, -0.2) is 20.5 Å². The van der Waals surface area contributed by atoms with Crippen molar-refractivity contribution in [3.05, 3.63) is 81.8 Å². The number of carbonyl (C=O) groups excluding carboxylic acids is 1. The maximum Gasteiger partial charge on any atom is 0.259 e. The van der Waals surface area contributed by atoms with Gasteiger partial charge < -0.3 is 5.32 Å². The van der Waals surface area contributed by atoms with Crippen LogP contribution >= 0.6 is 11.6 Å². The molecule has 0 aliphatic rings. The summed E-state index contributed by atoms with van der Waals surface area (Å²) in [4.78, 5) is 17.4. The van der Waals surface area contributed by atoms with E-state index in [2.05, 4.69) is 40.5 Å². The Kier molecular flexibility index (Phi) is 4.84. The number of nitrogens with one attached hydrogen (secondary N) is 1. The summed E-state index contributed by atoms with van der Waals surface area (Å²) >= 11 is 6.16. The van der Waals surface area contributed by atoms with Crippen LogP contribution in [-0.2, 0) is 0 Å². The molecule has 5 nitrogen and oxygen atoms in total. The summed E-state index contributed by atoms with van der Waals surface area (Å²) in [5.41, 5.74) is 7.62. The molecule has 0 radical (unpaired) electrons. The van der Waals surface area contributed by atoms with Gasteiger partial charge in [-0.15, -0.1) is 0 Å². The van der Waals surface area contributed by atoms with Crippen molar-refractivity contribution in [3.8, 4) is 11.1 Å². The second kappa shape index (κ2) is 7.33. The highest BCUT2D eigenvalue weighted by molar-refractivity contribution is 6.31. The van der Waals surface area contributed by atoms with Crippen LogP contribution in [0.15, 0.2) is 48.7 Å². The zero-order valence-corrected chi connectivity index (χ0v) is 17.5. The van der Waals surface area contributed by atoms with Crippen molar-refractivity contribution >= 4 is 28.8 Å². The third-order valence-corrected chi connectivity index (χ3v) is 5.45. The number of anilines is 1. The highest BCUT2D eigenvalue weighted by Gasteiger charge is 2.19. The van der Waals surface area contributed by atoms with E-state index in [9.17, 15) is 4.79 Å². The molecule has 0 atom stereocenters. The molecule has 1 amide bonds. The van der Waals surface area contributed by atoms with E-state index in [0.717, 1.165) is 33.7 Å². The molecule has 0 aliphatic carbocycles. The van der Waals surface area contributed by atoms with Gasteiger partial charge in [0.25, 0.3) is 5.91 Å². The van der Waals surface area contributed by atoms with Crippen molar-refractivity contribution in [1.29, 1.82) is 0 Å². The number of aromatic nitrogens is 3. The van der Waals surface area contributed by atoms with E-state index in [4.69, 9.17) is 11.6 Å². The van der Waals surface area contributed by atoms with Crippen LogP contribution in [0.1, 0.15) is 32.9 Å². The molecule has 0 unspecified atom stereocenters. The molecule has 29 heavy (non-hydrogen) atoms. The Bertz CT molecular complexity index is 1260. The van der Waals surface area contributed by atoms with E-state index in [-0.39, 0.29) is 5.91 Å². The van der Waals surface area contributed by atoms with E-state index >= 15 is 0 Å². The summed E-state index contributed by atoms with van der Waals surface area (Å²) in [6.45, 7) is 7.81. The van der Waals surface area contributed by atoms with Crippen molar-refractivity contribution in [2.75, 3.05) is 5.32 Å². The van der Waals surface area contributed by atoms with Gasteiger partial charge in [-0.3, -0.25) is 4.79 Å². The van der Waals surface area contributed by atoms with Crippen LogP contribution < -0.4 is 5.32 Å². The minimum atomic E-state index is -0.248. The van der Waals surface area contributed by atoms with Gasteiger partial charge in [0.05, 0.1) is 17.0 Å². The highest BCUT2D eigenvalue weighted by atomic mass is 35.5. The molecule has 0 fully saturated rings. The van der Waals surface area contributed by atoms with E-state index in [1.54, 1.807) is 16.8 Å². The molecular formula is C23H21ClN4O. The lowest BCUT2D eigenvalue weighted by Gasteiger charge is -2.10. The molecule has 4 rings (SSSR count). The number of hydrogen-bond donors (Lipinski definition) is 1. The van der Waals surface area contributed by atoms with Crippen LogP contribution in [0.4, 0.5) is 5.69 Å². The minimum absolute atomic E-state index is 0.248. The number of halogens is 1. The van der Waals surface area contributed by atoms with Gasteiger partial charge in [-0.2, -0.15) is 5.10 Å². The normalized spacial score (nSPS) is 11.1. The number of nitrogens with zero attached hydrogens (tertiary/aromatic N) is 3. The van der Waals surface area contributed by atoms with Gasteiger partial charge in [0.15, 0.2) is 5.65 Å². The largest absolute Gasteiger partial charge is 0.322 e. The number of hydrogen-bond acceptors (Lipinski definition) is 3. The van der Waals surface area contributed by atoms with Gasteiger partial charge in [0.1, 0.15) is 0 Å². The fourth-order valence-corrected chi connectivity index (χ4v) is 3.61. The zero-order chi connectivity index (χ0) is 20.7. The SMILES string of the molecule is Cc1cccc(-c2c(C)nn3c(C)c(C(=O)Nc4ccc(C)c(Cl)c4)cnc23)c1. The average Bonchev–Trinajstić information content (AvgIpc) is 3.02. The van der Waals surface area contributed by atoms with E-state index in [0.29, 0.717) is 16.3 Å². The monoisotopic (exact) mass is 404 g/mol. The summed E-state index contributed by atoms with van der Waals surface area (Å²) in [6, 6.07) is 13.7. The Morgan fingerprint density at radius 1 is 1.07 bits per heavy atom. The number of benzene rings is 2. The Balaban J connectivity index is 1.75. The lowest BCUT2D eigenvalue weighted by Crippen LogP contribution is -2.16. The molecule has 146 valence electrons. The van der Waals surface area contributed by atoms with E-state index < -0.39 is 0 Å². The summed E-state index contributed by atoms with van der Waals surface area (Å²) in [5.74, 6) is -0.248. The number of rotatable bonds is 3. The first kappa shape index (κ1) is 19.2. The molecule has 4 aromatic rings. The molecule has 2 heterocycles. The van der Waals surface area contributed by atoms with Crippen molar-refractivity contribution in [2.24, 2.45) is 0 Å². The quantitative estimate of drug-likeness (QED) is 0.488. The van der Waals surface area contributed by atoms with Gasteiger partial charge in [-0.25, -0.2) is 9.50 Å². The molecule has 0 bridgehead atoms. The molecule has 0 aliphatic heterocycles. The third kappa shape index (κ3) is 3.49. The maximum atomic E-state index is 12.8. The van der Waals surface area contributed by atoms with Crippen LogP contribution in [0.25, 0.3) is 16.8 Å². The van der Waals surface area contributed by atoms with E-state index in [1.807, 2.05) is 39.0 Å². The average molecular weight is 405 g/mol. The molecule has 0 saturated heterocycles. The first-order valence-electron chi connectivity index (χ1n) is 9.34. The standard InChI is InChI=1S/C23H21ClN4O/c1-13-6-5-7-17(10-13)21-15(3)27-28-16(4)19(12-25-22(21)28)23(29)26-18-9-8-14(2)20(24)11-18/h5-12H,1-4H3,(H,26,29). The maximum absolute atomic E-state index is 12.8. The second-order valence-corrected chi connectivity index (χ2v) is 7.65. The van der Waals surface area contributed by atoms with Gasteiger partial charge in [-0.1, -0.05) is 47.5 Å². The molecular weight excluding hydrogens is 384 g/mol. The van der Waals surface area contributed by atoms with E-state index in [1.165, 1.54) is 5.56 Å². The molecule has 0 saturated carbocycles. The number of carbonyl (C=O) groups is 1. The predicted octanol–water partition coefficient (Wildman–Crippen LogP) is 5.54. The van der Waals surface area contributed by atoms with Crippen LogP contribution in [0.3, 0.4) is 0 Å². The third-order valence-electron chi connectivity index (χ3n) is 5.04. The Morgan fingerprint density at radius 2 is 1.86 bits per heavy atom. The second-order valence-electron chi connectivity index (χ2n) is 7.24. The highest BCUT2D eigenvalue weighted by Crippen LogP contribution is 2.29. The summed E-state index contributed by atoms with van der Waals surface area (Å²) in [6.07, 6.45) is 1.61. The lowest BCUT2D eigenvalue weighted by molar-refractivity contribution is 0.102. The number of amides is 1. The Morgan fingerprint density at radius 3 is 2.59 bits per heavy atom. The van der Waals surface area contributed by atoms with Gasteiger partial charge in [0, 0.05) is 22.5 Å². The summed E-state index contributed by atoms with van der Waals surface area (Å²) < 4.78 is 1.74. The topological polar surface area (TPSA) is 59.3 Å². The summed E-state index contributed by atoms with van der Waals surface area (Å²) in [5, 5.41) is 8.15.